The van der Waals surface area contributed by atoms with Crippen LogP contribution in [0.4, 0.5) is 11.6 Å². The second-order valence-corrected chi connectivity index (χ2v) is 12.4. The van der Waals surface area contributed by atoms with Gasteiger partial charge in [-0.3, -0.25) is 9.59 Å². The molecule has 0 spiro atoms. The molecule has 0 saturated heterocycles. The van der Waals surface area contributed by atoms with E-state index in [1.807, 2.05) is 57.7 Å². The topological polar surface area (TPSA) is 183 Å². The van der Waals surface area contributed by atoms with Gasteiger partial charge in [0, 0.05) is 60.1 Å². The van der Waals surface area contributed by atoms with Crippen molar-refractivity contribution in [3.8, 4) is 0 Å². The number of hydrogen-bond donors (Lipinski definition) is 3. The molecule has 16 heteroatoms. The van der Waals surface area contributed by atoms with Gasteiger partial charge in [0.15, 0.2) is 11.6 Å². The Balaban J connectivity index is 0.000000211. The summed E-state index contributed by atoms with van der Waals surface area (Å²) in [4.78, 5) is 62.2. The molecule has 278 valence electrons. The monoisotopic (exact) mass is 778 g/mol. The molecule has 6 rings (SSSR count). The maximum atomic E-state index is 12.1. The molecule has 0 aliphatic rings. The van der Waals surface area contributed by atoms with Crippen molar-refractivity contribution in [1.29, 1.82) is 0 Å². The number of carbonyl (C=O) groups is 4. The maximum Gasteiger partial charge on any atom is 0.356 e. The molecule has 0 bridgehead atoms. The molecule has 4 heterocycles. The molecule has 3 N–H and O–H groups in total. The highest BCUT2D eigenvalue weighted by Crippen LogP contribution is 2.15. The molecule has 2 amide bonds. The van der Waals surface area contributed by atoms with Gasteiger partial charge < -0.3 is 29.6 Å². The number of pyridine rings is 2. The molecule has 0 radical (unpaired) electrons. The van der Waals surface area contributed by atoms with Crippen molar-refractivity contribution in [2.45, 2.75) is 13.1 Å². The van der Waals surface area contributed by atoms with Gasteiger partial charge in [-0.25, -0.2) is 29.5 Å². The SMILES string of the molecule is COC(=O)c1ccc(/C=C/C(=O)Nc2cn(Cc3cccc(Cl)c3)cn2)cn1.O=C(/C=C/c1ccc(C(=O)O)nc1)Nc1cn(Cc2cccc(Cl)c2)cn1. The lowest BCUT2D eigenvalue weighted by atomic mass is 10.2. The van der Waals surface area contributed by atoms with Crippen LogP contribution < -0.4 is 10.6 Å². The molecule has 6 aromatic rings. The highest BCUT2D eigenvalue weighted by atomic mass is 35.5. The third-order valence-electron chi connectivity index (χ3n) is 7.32. The summed E-state index contributed by atoms with van der Waals surface area (Å²) in [5.74, 6) is -1.43. The quantitative estimate of drug-likeness (QED) is 0.0888. The third-order valence-corrected chi connectivity index (χ3v) is 7.79. The highest BCUT2D eigenvalue weighted by Gasteiger charge is 2.08. The van der Waals surface area contributed by atoms with Crippen LogP contribution in [-0.2, 0) is 27.4 Å². The smallest absolute Gasteiger partial charge is 0.356 e. The van der Waals surface area contributed by atoms with Crippen LogP contribution in [-0.4, -0.2) is 65.0 Å². The minimum atomic E-state index is -1.10. The van der Waals surface area contributed by atoms with E-state index in [9.17, 15) is 19.2 Å². The van der Waals surface area contributed by atoms with Crippen LogP contribution in [0, 0.1) is 0 Å². The minimum absolute atomic E-state index is 0.0538. The van der Waals surface area contributed by atoms with Gasteiger partial charge in [-0.05, 0) is 70.8 Å². The van der Waals surface area contributed by atoms with Crippen LogP contribution in [0.15, 0.2) is 122 Å². The second kappa shape index (κ2) is 19.3. The van der Waals surface area contributed by atoms with E-state index in [1.165, 1.54) is 49.9 Å². The Hall–Kier alpha value is -6.90. The van der Waals surface area contributed by atoms with Crippen LogP contribution in [0.2, 0.25) is 10.0 Å². The molecule has 0 atom stereocenters. The zero-order valence-electron chi connectivity index (χ0n) is 29.0. The fourth-order valence-electron chi connectivity index (χ4n) is 4.75. The van der Waals surface area contributed by atoms with Gasteiger partial charge in [0.1, 0.15) is 11.4 Å². The Morgan fingerprint density at radius 1 is 0.691 bits per heavy atom. The molecular weight excluding hydrogens is 747 g/mol. The first kappa shape index (κ1) is 39.3. The number of aromatic carboxylic acids is 1. The Morgan fingerprint density at radius 2 is 1.16 bits per heavy atom. The van der Waals surface area contributed by atoms with Gasteiger partial charge in [0.2, 0.25) is 11.8 Å². The molecule has 0 fully saturated rings. The molecule has 0 aliphatic heterocycles. The molecule has 0 unspecified atom stereocenters. The number of benzene rings is 2. The van der Waals surface area contributed by atoms with Crippen molar-refractivity contribution in [3.63, 3.8) is 0 Å². The summed E-state index contributed by atoms with van der Waals surface area (Å²) >= 11 is 12.0. The van der Waals surface area contributed by atoms with Crippen LogP contribution >= 0.6 is 23.2 Å². The Labute approximate surface area is 324 Å². The number of nitrogens with one attached hydrogen (secondary N) is 2. The number of amides is 2. The van der Waals surface area contributed by atoms with Crippen LogP contribution in [0.1, 0.15) is 43.2 Å². The van der Waals surface area contributed by atoms with Gasteiger partial charge in [-0.2, -0.15) is 0 Å². The average Bonchev–Trinajstić information content (AvgIpc) is 3.81. The van der Waals surface area contributed by atoms with Crippen LogP contribution in [0.25, 0.3) is 12.2 Å². The minimum Gasteiger partial charge on any atom is -0.477 e. The fourth-order valence-corrected chi connectivity index (χ4v) is 5.18. The lowest BCUT2D eigenvalue weighted by Crippen LogP contribution is -2.08. The van der Waals surface area contributed by atoms with Crippen molar-refractivity contribution in [1.82, 2.24) is 29.1 Å². The highest BCUT2D eigenvalue weighted by molar-refractivity contribution is 6.30. The number of imidazole rings is 2. The van der Waals surface area contributed by atoms with Gasteiger partial charge in [0.05, 0.1) is 19.8 Å². The normalized spacial score (nSPS) is 10.8. The summed E-state index contributed by atoms with van der Waals surface area (Å²) in [5.41, 5.74) is 3.49. The van der Waals surface area contributed by atoms with E-state index in [-0.39, 0.29) is 23.2 Å². The Morgan fingerprint density at radius 3 is 1.56 bits per heavy atom. The first-order valence-corrected chi connectivity index (χ1v) is 17.0. The third kappa shape index (κ3) is 12.6. The van der Waals surface area contributed by atoms with E-state index in [0.717, 1.165) is 11.1 Å². The predicted molar refractivity (Wildman–Crippen MR) is 208 cm³/mol. The summed E-state index contributed by atoms with van der Waals surface area (Å²) in [7, 11) is 1.29. The lowest BCUT2D eigenvalue weighted by Gasteiger charge is -2.02. The number of rotatable bonds is 12. The number of aromatic nitrogens is 6. The fraction of sp³-hybridized carbons (Fsp3) is 0.0769. The van der Waals surface area contributed by atoms with Crippen LogP contribution in [0.3, 0.4) is 0 Å². The summed E-state index contributed by atoms with van der Waals surface area (Å²) in [6, 6.07) is 21.2. The van der Waals surface area contributed by atoms with E-state index in [1.54, 1.807) is 43.3 Å². The zero-order valence-corrected chi connectivity index (χ0v) is 30.6. The summed E-state index contributed by atoms with van der Waals surface area (Å²) < 4.78 is 8.27. The van der Waals surface area contributed by atoms with Crippen molar-refractivity contribution in [3.05, 3.63) is 166 Å². The number of carbonyl (C=O) groups excluding carboxylic acids is 3. The van der Waals surface area contributed by atoms with Gasteiger partial charge in [0.25, 0.3) is 0 Å². The number of anilines is 2. The first-order chi connectivity index (χ1) is 26.5. The largest absolute Gasteiger partial charge is 0.477 e. The summed E-state index contributed by atoms with van der Waals surface area (Å²) in [6.45, 7) is 1.18. The number of methoxy groups -OCH3 is 1. The second-order valence-electron chi connectivity index (χ2n) is 11.5. The zero-order chi connectivity index (χ0) is 39.2. The standard InChI is InChI=1S/C20H17ClN4O3.C19H15ClN4O3/c1-28-20(27)17-7-5-14(10-22-17)6-8-19(26)24-18-12-25(13-23-18)11-15-3-2-4-16(21)9-15;20-15-3-1-2-14(8-15)10-24-11-17(22-12-24)23-18(25)7-5-13-4-6-16(19(26)27)21-9-13/h2-10,12-13H,11H2,1H3,(H,24,26);1-9,11-12H,10H2,(H,23,25)(H,26,27)/b8-6+;7-5+. The molecule has 55 heavy (non-hydrogen) atoms. The lowest BCUT2D eigenvalue weighted by molar-refractivity contribution is -0.112. The number of carboxylic acid groups (broad SMARTS) is 1. The number of ether oxygens (including phenoxy) is 1. The first-order valence-electron chi connectivity index (χ1n) is 16.3. The average molecular weight is 780 g/mol. The van der Waals surface area contributed by atoms with E-state index >= 15 is 0 Å². The van der Waals surface area contributed by atoms with Crippen molar-refractivity contribution in [2.24, 2.45) is 0 Å². The molecule has 0 aliphatic carbocycles. The van der Waals surface area contributed by atoms with Gasteiger partial charge in [-0.15, -0.1) is 0 Å². The predicted octanol–water partition coefficient (Wildman–Crippen LogP) is 6.75. The number of hydrogen-bond acceptors (Lipinski definition) is 9. The molecule has 4 aromatic heterocycles. The molecule has 0 saturated carbocycles. The number of nitrogens with zero attached hydrogens (tertiary/aromatic N) is 6. The van der Waals surface area contributed by atoms with E-state index in [4.69, 9.17) is 28.3 Å². The van der Waals surface area contributed by atoms with Crippen LogP contribution in [0.5, 0.6) is 0 Å². The van der Waals surface area contributed by atoms with E-state index in [0.29, 0.717) is 45.9 Å². The number of carboxylic acids is 1. The summed E-state index contributed by atoms with van der Waals surface area (Å²) in [6.07, 6.45) is 15.4. The Bertz CT molecular complexity index is 2340. The van der Waals surface area contributed by atoms with E-state index in [2.05, 4.69) is 35.3 Å². The van der Waals surface area contributed by atoms with Crippen molar-refractivity contribution < 1.29 is 29.0 Å². The van der Waals surface area contributed by atoms with Gasteiger partial charge in [-0.1, -0.05) is 59.6 Å². The Kier molecular flexibility index (Phi) is 13.8. The number of esters is 1. The molecular formula is C39H32Cl2N8O6. The number of halogens is 2. The maximum absolute atomic E-state index is 12.1. The summed E-state index contributed by atoms with van der Waals surface area (Å²) in [5, 5.41) is 15.5. The molecule has 14 nitrogen and oxygen atoms in total. The van der Waals surface area contributed by atoms with Crippen molar-refractivity contribution in [2.75, 3.05) is 17.7 Å². The van der Waals surface area contributed by atoms with Crippen molar-refractivity contribution >= 4 is 70.7 Å². The van der Waals surface area contributed by atoms with Gasteiger partial charge >= 0.3 is 11.9 Å². The molecule has 2 aromatic carbocycles. The van der Waals surface area contributed by atoms with E-state index < -0.39 is 11.9 Å².